The van der Waals surface area contributed by atoms with Crippen molar-refractivity contribution in [2.45, 2.75) is 33.7 Å². The summed E-state index contributed by atoms with van der Waals surface area (Å²) in [6.45, 7) is 8.97. The van der Waals surface area contributed by atoms with Gasteiger partial charge < -0.3 is 15.4 Å². The van der Waals surface area contributed by atoms with Crippen molar-refractivity contribution in [1.29, 1.82) is 0 Å². The minimum Gasteiger partial charge on any atom is -0.492 e. The first-order valence-corrected chi connectivity index (χ1v) is 7.03. The third-order valence-electron chi connectivity index (χ3n) is 3.27. The molecule has 0 saturated heterocycles. The predicted molar refractivity (Wildman–Crippen MR) is 81.9 cm³/mol. The van der Waals surface area contributed by atoms with Crippen LogP contribution in [-0.4, -0.2) is 37.0 Å². The second-order valence-corrected chi connectivity index (χ2v) is 5.70. The van der Waals surface area contributed by atoms with Crippen LogP contribution in [0, 0.1) is 19.8 Å². The summed E-state index contributed by atoms with van der Waals surface area (Å²) >= 11 is 0. The Morgan fingerprint density at radius 1 is 1.25 bits per heavy atom. The molecule has 0 aromatic heterocycles. The van der Waals surface area contributed by atoms with E-state index in [1.165, 1.54) is 11.1 Å². The van der Waals surface area contributed by atoms with E-state index >= 15 is 0 Å². The lowest BCUT2D eigenvalue weighted by molar-refractivity contribution is -0.132. The van der Waals surface area contributed by atoms with Gasteiger partial charge in [0.15, 0.2) is 0 Å². The van der Waals surface area contributed by atoms with Crippen LogP contribution in [0.4, 0.5) is 0 Å². The summed E-state index contributed by atoms with van der Waals surface area (Å²) in [7, 11) is 1.76. The van der Waals surface area contributed by atoms with Gasteiger partial charge in [-0.2, -0.15) is 0 Å². The molecule has 0 spiro atoms. The molecule has 1 aromatic rings. The van der Waals surface area contributed by atoms with Crippen LogP contribution >= 0.6 is 0 Å². The molecule has 4 nitrogen and oxygen atoms in total. The number of likely N-dealkylation sites (N-methyl/N-ethyl adjacent to an activating group) is 1. The Labute approximate surface area is 121 Å². The van der Waals surface area contributed by atoms with Crippen molar-refractivity contribution in [2.24, 2.45) is 11.7 Å². The number of aryl methyl sites for hydroxylation is 2. The molecule has 112 valence electrons. The van der Waals surface area contributed by atoms with E-state index in [2.05, 4.69) is 6.07 Å². The van der Waals surface area contributed by atoms with Gasteiger partial charge in [-0.3, -0.25) is 4.79 Å². The summed E-state index contributed by atoms with van der Waals surface area (Å²) in [5.74, 6) is 0.950. The summed E-state index contributed by atoms with van der Waals surface area (Å²) in [6, 6.07) is 5.65. The molecule has 0 aliphatic heterocycles. The first-order valence-electron chi connectivity index (χ1n) is 7.03. The normalized spacial score (nSPS) is 12.3. The number of nitrogens with zero attached hydrogens (tertiary/aromatic N) is 1. The van der Waals surface area contributed by atoms with Gasteiger partial charge >= 0.3 is 0 Å². The van der Waals surface area contributed by atoms with Gasteiger partial charge in [-0.25, -0.2) is 0 Å². The van der Waals surface area contributed by atoms with Crippen molar-refractivity contribution in [1.82, 2.24) is 4.90 Å². The fourth-order valence-electron chi connectivity index (χ4n) is 1.97. The number of nitrogens with two attached hydrogens (primary N) is 1. The van der Waals surface area contributed by atoms with E-state index in [9.17, 15) is 4.79 Å². The molecule has 1 unspecified atom stereocenters. The zero-order valence-electron chi connectivity index (χ0n) is 13.1. The van der Waals surface area contributed by atoms with Crippen LogP contribution in [0.3, 0.4) is 0 Å². The summed E-state index contributed by atoms with van der Waals surface area (Å²) in [5.41, 5.74) is 8.20. The Bertz CT molecular complexity index is 438. The Balaban J connectivity index is 2.45. The van der Waals surface area contributed by atoms with E-state index in [1.54, 1.807) is 11.9 Å². The summed E-state index contributed by atoms with van der Waals surface area (Å²) < 4.78 is 5.69. The largest absolute Gasteiger partial charge is 0.492 e. The maximum absolute atomic E-state index is 12.0. The molecular weight excluding hydrogens is 252 g/mol. The number of benzene rings is 1. The standard InChI is InChI=1S/C16H26N2O2/c1-11(2)15(17)16(19)18(5)6-7-20-14-9-12(3)8-13(4)10-14/h8-11,15H,6-7,17H2,1-5H3. The van der Waals surface area contributed by atoms with Gasteiger partial charge in [0.05, 0.1) is 12.6 Å². The van der Waals surface area contributed by atoms with Gasteiger partial charge in [0.25, 0.3) is 0 Å². The van der Waals surface area contributed by atoms with Crippen molar-refractivity contribution in [2.75, 3.05) is 20.2 Å². The van der Waals surface area contributed by atoms with Crippen molar-refractivity contribution >= 4 is 5.91 Å². The number of amides is 1. The number of hydrogen-bond donors (Lipinski definition) is 1. The van der Waals surface area contributed by atoms with Crippen LogP contribution in [0.15, 0.2) is 18.2 Å². The van der Waals surface area contributed by atoms with Crippen molar-refractivity contribution in [3.8, 4) is 5.75 Å². The molecular formula is C16H26N2O2. The monoisotopic (exact) mass is 278 g/mol. The quantitative estimate of drug-likeness (QED) is 0.867. The third kappa shape index (κ3) is 4.85. The van der Waals surface area contributed by atoms with Gasteiger partial charge in [0.2, 0.25) is 5.91 Å². The summed E-state index contributed by atoms with van der Waals surface area (Å²) in [5, 5.41) is 0. The van der Waals surface area contributed by atoms with E-state index in [-0.39, 0.29) is 11.8 Å². The maximum Gasteiger partial charge on any atom is 0.239 e. The molecule has 0 aliphatic rings. The lowest BCUT2D eigenvalue weighted by Gasteiger charge is -2.23. The fourth-order valence-corrected chi connectivity index (χ4v) is 1.97. The molecule has 4 heteroatoms. The first-order chi connectivity index (χ1) is 9.31. The average molecular weight is 278 g/mol. The number of ether oxygens (including phenoxy) is 1. The van der Waals surface area contributed by atoms with E-state index < -0.39 is 6.04 Å². The molecule has 0 saturated carbocycles. The number of rotatable bonds is 6. The van der Waals surface area contributed by atoms with Gasteiger partial charge in [-0.1, -0.05) is 19.9 Å². The predicted octanol–water partition coefficient (Wildman–Crippen LogP) is 2.12. The van der Waals surface area contributed by atoms with Gasteiger partial charge in [-0.15, -0.1) is 0 Å². The lowest BCUT2D eigenvalue weighted by atomic mass is 10.0. The third-order valence-corrected chi connectivity index (χ3v) is 3.27. The highest BCUT2D eigenvalue weighted by molar-refractivity contribution is 5.81. The Morgan fingerprint density at radius 3 is 2.30 bits per heavy atom. The molecule has 0 aliphatic carbocycles. The molecule has 0 fully saturated rings. The van der Waals surface area contributed by atoms with Crippen LogP contribution in [0.5, 0.6) is 5.75 Å². The lowest BCUT2D eigenvalue weighted by Crippen LogP contribution is -2.46. The van der Waals surface area contributed by atoms with E-state index in [4.69, 9.17) is 10.5 Å². The van der Waals surface area contributed by atoms with E-state index in [0.29, 0.717) is 13.2 Å². The average Bonchev–Trinajstić information content (AvgIpc) is 2.35. The minimum atomic E-state index is -0.443. The van der Waals surface area contributed by atoms with Crippen molar-refractivity contribution in [3.63, 3.8) is 0 Å². The van der Waals surface area contributed by atoms with Crippen molar-refractivity contribution in [3.05, 3.63) is 29.3 Å². The molecule has 1 rings (SSSR count). The zero-order valence-corrected chi connectivity index (χ0v) is 13.1. The van der Waals surface area contributed by atoms with Crippen LogP contribution < -0.4 is 10.5 Å². The number of hydrogen-bond acceptors (Lipinski definition) is 3. The topological polar surface area (TPSA) is 55.6 Å². The fraction of sp³-hybridized carbons (Fsp3) is 0.562. The molecule has 1 amide bonds. The number of carbonyl (C=O) groups is 1. The zero-order chi connectivity index (χ0) is 15.3. The highest BCUT2D eigenvalue weighted by Crippen LogP contribution is 2.16. The molecule has 0 heterocycles. The highest BCUT2D eigenvalue weighted by Gasteiger charge is 2.20. The SMILES string of the molecule is Cc1cc(C)cc(OCCN(C)C(=O)C(N)C(C)C)c1. The molecule has 1 atom stereocenters. The maximum atomic E-state index is 12.0. The van der Waals surface area contributed by atoms with Crippen LogP contribution in [0.2, 0.25) is 0 Å². The summed E-state index contributed by atoms with van der Waals surface area (Å²) in [4.78, 5) is 13.6. The second kappa shape index (κ2) is 7.29. The van der Waals surface area contributed by atoms with E-state index in [1.807, 2.05) is 39.8 Å². The Kier molecular flexibility index (Phi) is 6.02. The smallest absolute Gasteiger partial charge is 0.239 e. The van der Waals surface area contributed by atoms with Gasteiger partial charge in [0.1, 0.15) is 12.4 Å². The molecule has 2 N–H and O–H groups in total. The van der Waals surface area contributed by atoms with Crippen LogP contribution in [0.1, 0.15) is 25.0 Å². The van der Waals surface area contributed by atoms with Crippen LogP contribution in [0.25, 0.3) is 0 Å². The van der Waals surface area contributed by atoms with Gasteiger partial charge in [-0.05, 0) is 43.0 Å². The highest BCUT2D eigenvalue weighted by atomic mass is 16.5. The molecule has 0 bridgehead atoms. The first kappa shape index (κ1) is 16.5. The molecule has 1 aromatic carbocycles. The Morgan fingerprint density at radius 2 is 1.80 bits per heavy atom. The van der Waals surface area contributed by atoms with Gasteiger partial charge in [0, 0.05) is 7.05 Å². The summed E-state index contributed by atoms with van der Waals surface area (Å²) in [6.07, 6.45) is 0. The number of carbonyl (C=O) groups excluding carboxylic acids is 1. The molecule has 20 heavy (non-hydrogen) atoms. The second-order valence-electron chi connectivity index (χ2n) is 5.70. The van der Waals surface area contributed by atoms with Crippen molar-refractivity contribution < 1.29 is 9.53 Å². The van der Waals surface area contributed by atoms with Crippen LogP contribution in [-0.2, 0) is 4.79 Å². The Hall–Kier alpha value is -1.55. The minimum absolute atomic E-state index is 0.0379. The molecule has 0 radical (unpaired) electrons. The van der Waals surface area contributed by atoms with E-state index in [0.717, 1.165) is 5.75 Å².